The number of nitrogens with zero attached hydrogens (tertiary/aromatic N) is 1. The lowest BCUT2D eigenvalue weighted by Crippen LogP contribution is -2.53. The van der Waals surface area contributed by atoms with Crippen LogP contribution in [0, 0.1) is 11.2 Å². The van der Waals surface area contributed by atoms with Crippen LogP contribution in [0.15, 0.2) is 24.3 Å². The molecule has 0 aromatic heterocycles. The largest absolute Gasteiger partial charge is 0.329 e. The van der Waals surface area contributed by atoms with Gasteiger partial charge in [0.15, 0.2) is 0 Å². The molecule has 0 aliphatic carbocycles. The van der Waals surface area contributed by atoms with Gasteiger partial charge < -0.3 is 5.73 Å². The highest BCUT2D eigenvalue weighted by molar-refractivity contribution is 5.19. The lowest BCUT2D eigenvalue weighted by Gasteiger charge is -2.40. The Labute approximate surface area is 128 Å². The van der Waals surface area contributed by atoms with Gasteiger partial charge in [0, 0.05) is 12.1 Å². The van der Waals surface area contributed by atoms with Crippen molar-refractivity contribution in [1.82, 2.24) is 4.90 Å². The SMILES string of the molecule is CC1(C)CCCN(C(C)(CN)Cc2ccc(F)cc2)CC1. The van der Waals surface area contributed by atoms with Crippen LogP contribution in [0.4, 0.5) is 4.39 Å². The van der Waals surface area contributed by atoms with Crippen molar-refractivity contribution in [2.45, 2.75) is 52.0 Å². The van der Waals surface area contributed by atoms with Gasteiger partial charge in [-0.1, -0.05) is 26.0 Å². The van der Waals surface area contributed by atoms with Crippen molar-refractivity contribution < 1.29 is 4.39 Å². The van der Waals surface area contributed by atoms with Crippen molar-refractivity contribution in [2.75, 3.05) is 19.6 Å². The van der Waals surface area contributed by atoms with Crippen molar-refractivity contribution in [3.8, 4) is 0 Å². The molecule has 0 saturated carbocycles. The van der Waals surface area contributed by atoms with Gasteiger partial charge in [-0.05, 0) is 68.8 Å². The fourth-order valence-electron chi connectivity index (χ4n) is 3.32. The minimum atomic E-state index is -0.176. The first-order chi connectivity index (χ1) is 9.85. The summed E-state index contributed by atoms with van der Waals surface area (Å²) >= 11 is 0. The van der Waals surface area contributed by atoms with E-state index < -0.39 is 0 Å². The summed E-state index contributed by atoms with van der Waals surface area (Å²) in [6, 6.07) is 6.84. The average molecular weight is 292 g/mol. The first-order valence-electron chi connectivity index (χ1n) is 8.04. The Morgan fingerprint density at radius 1 is 1.19 bits per heavy atom. The van der Waals surface area contributed by atoms with Gasteiger partial charge in [-0.15, -0.1) is 0 Å². The molecule has 1 aliphatic rings. The van der Waals surface area contributed by atoms with Crippen LogP contribution < -0.4 is 5.73 Å². The van der Waals surface area contributed by atoms with Gasteiger partial charge in [0.1, 0.15) is 5.82 Å². The molecule has 0 radical (unpaired) electrons. The van der Waals surface area contributed by atoms with Crippen LogP contribution in [0.3, 0.4) is 0 Å². The van der Waals surface area contributed by atoms with Gasteiger partial charge in [-0.2, -0.15) is 0 Å². The molecule has 1 saturated heterocycles. The molecule has 118 valence electrons. The fourth-order valence-corrected chi connectivity index (χ4v) is 3.32. The Hall–Kier alpha value is -0.930. The molecule has 2 N–H and O–H groups in total. The third kappa shape index (κ3) is 4.27. The monoisotopic (exact) mass is 292 g/mol. The van der Waals surface area contributed by atoms with E-state index in [0.717, 1.165) is 25.1 Å². The summed E-state index contributed by atoms with van der Waals surface area (Å²) in [5.41, 5.74) is 7.67. The molecule has 0 bridgehead atoms. The molecule has 1 aliphatic heterocycles. The Kier molecular flexibility index (Phi) is 5.05. The molecule has 0 amide bonds. The molecule has 1 aromatic rings. The highest BCUT2D eigenvalue weighted by Crippen LogP contribution is 2.33. The van der Waals surface area contributed by atoms with Crippen molar-refractivity contribution in [2.24, 2.45) is 11.1 Å². The highest BCUT2D eigenvalue weighted by Gasteiger charge is 2.34. The predicted octanol–water partition coefficient (Wildman–Crippen LogP) is 3.60. The lowest BCUT2D eigenvalue weighted by atomic mass is 9.85. The molecule has 1 fully saturated rings. The molecule has 21 heavy (non-hydrogen) atoms. The summed E-state index contributed by atoms with van der Waals surface area (Å²) < 4.78 is 13.1. The van der Waals surface area contributed by atoms with Crippen LogP contribution in [0.2, 0.25) is 0 Å². The second-order valence-electron chi connectivity index (χ2n) is 7.51. The Balaban J connectivity index is 2.10. The summed E-state index contributed by atoms with van der Waals surface area (Å²) in [5.74, 6) is -0.176. The number of hydrogen-bond acceptors (Lipinski definition) is 2. The Morgan fingerprint density at radius 3 is 2.48 bits per heavy atom. The van der Waals surface area contributed by atoms with Gasteiger partial charge in [0.05, 0.1) is 0 Å². The van der Waals surface area contributed by atoms with Crippen molar-refractivity contribution in [1.29, 1.82) is 0 Å². The zero-order valence-corrected chi connectivity index (χ0v) is 13.7. The van der Waals surface area contributed by atoms with E-state index in [1.54, 1.807) is 0 Å². The minimum absolute atomic E-state index is 0.0434. The topological polar surface area (TPSA) is 29.3 Å². The van der Waals surface area contributed by atoms with Gasteiger partial charge in [-0.25, -0.2) is 4.39 Å². The average Bonchev–Trinajstić information content (AvgIpc) is 2.62. The molecule has 1 atom stereocenters. The van der Waals surface area contributed by atoms with Gasteiger partial charge in [-0.3, -0.25) is 4.90 Å². The summed E-state index contributed by atoms with van der Waals surface area (Å²) in [7, 11) is 0. The van der Waals surface area contributed by atoms with Gasteiger partial charge in [0.2, 0.25) is 0 Å². The second-order valence-corrected chi connectivity index (χ2v) is 7.51. The first-order valence-corrected chi connectivity index (χ1v) is 8.04. The van der Waals surface area contributed by atoms with Crippen LogP contribution >= 0.6 is 0 Å². The van der Waals surface area contributed by atoms with E-state index in [2.05, 4.69) is 25.7 Å². The van der Waals surface area contributed by atoms with E-state index in [1.807, 2.05) is 12.1 Å². The summed E-state index contributed by atoms with van der Waals surface area (Å²) in [5, 5.41) is 0. The third-order valence-electron chi connectivity index (χ3n) is 5.04. The summed E-state index contributed by atoms with van der Waals surface area (Å²) in [6.07, 6.45) is 4.60. The molecule has 2 rings (SSSR count). The van der Waals surface area contributed by atoms with E-state index in [9.17, 15) is 4.39 Å². The van der Waals surface area contributed by atoms with Crippen LogP contribution in [-0.4, -0.2) is 30.1 Å². The standard InChI is InChI=1S/C18H29FN2/c1-17(2)9-4-11-21(12-10-17)18(3,14-20)13-15-5-7-16(19)8-6-15/h5-8H,4,9-14,20H2,1-3H3. The van der Waals surface area contributed by atoms with Crippen molar-refractivity contribution in [3.05, 3.63) is 35.6 Å². The molecule has 1 unspecified atom stereocenters. The van der Waals surface area contributed by atoms with Gasteiger partial charge in [0.25, 0.3) is 0 Å². The van der Waals surface area contributed by atoms with Crippen molar-refractivity contribution >= 4 is 0 Å². The lowest BCUT2D eigenvalue weighted by molar-refractivity contribution is 0.110. The maximum Gasteiger partial charge on any atom is 0.123 e. The normalized spacial score (nSPS) is 22.5. The number of rotatable bonds is 4. The van der Waals surface area contributed by atoms with Crippen LogP contribution in [0.1, 0.15) is 45.6 Å². The van der Waals surface area contributed by atoms with E-state index in [1.165, 1.54) is 31.4 Å². The molecule has 0 spiro atoms. The first kappa shape index (κ1) is 16.4. The number of nitrogens with two attached hydrogens (primary N) is 1. The molecule has 3 heteroatoms. The van der Waals surface area contributed by atoms with E-state index in [0.29, 0.717) is 12.0 Å². The Morgan fingerprint density at radius 2 is 1.86 bits per heavy atom. The number of hydrogen-bond donors (Lipinski definition) is 1. The quantitative estimate of drug-likeness (QED) is 0.919. The molecular formula is C18H29FN2. The zero-order chi connectivity index (χ0) is 15.5. The van der Waals surface area contributed by atoms with E-state index in [4.69, 9.17) is 5.73 Å². The summed E-state index contributed by atoms with van der Waals surface area (Å²) in [6.45, 7) is 9.80. The predicted molar refractivity (Wildman–Crippen MR) is 86.8 cm³/mol. The molecular weight excluding hydrogens is 263 g/mol. The van der Waals surface area contributed by atoms with Crippen LogP contribution in [0.25, 0.3) is 0 Å². The van der Waals surface area contributed by atoms with Crippen molar-refractivity contribution in [3.63, 3.8) is 0 Å². The number of likely N-dealkylation sites (tertiary alicyclic amines) is 1. The van der Waals surface area contributed by atoms with Crippen LogP contribution in [0.5, 0.6) is 0 Å². The van der Waals surface area contributed by atoms with E-state index in [-0.39, 0.29) is 11.4 Å². The maximum absolute atomic E-state index is 13.1. The highest BCUT2D eigenvalue weighted by atomic mass is 19.1. The van der Waals surface area contributed by atoms with Gasteiger partial charge >= 0.3 is 0 Å². The third-order valence-corrected chi connectivity index (χ3v) is 5.04. The number of benzene rings is 1. The van der Waals surface area contributed by atoms with Crippen LogP contribution in [-0.2, 0) is 6.42 Å². The zero-order valence-electron chi connectivity index (χ0n) is 13.7. The maximum atomic E-state index is 13.1. The minimum Gasteiger partial charge on any atom is -0.329 e. The van der Waals surface area contributed by atoms with E-state index >= 15 is 0 Å². The fraction of sp³-hybridized carbons (Fsp3) is 0.667. The molecule has 2 nitrogen and oxygen atoms in total. The summed E-state index contributed by atoms with van der Waals surface area (Å²) in [4.78, 5) is 2.55. The smallest absolute Gasteiger partial charge is 0.123 e. The second kappa shape index (κ2) is 6.45. The molecule has 1 aromatic carbocycles. The number of halogens is 1. The molecule has 1 heterocycles. The Bertz CT molecular complexity index is 455.